The molecule has 132 valence electrons. The molecule has 1 fully saturated rings. The molecule has 0 aliphatic carbocycles. The number of pyridine rings is 1. The van der Waals surface area contributed by atoms with E-state index in [1.807, 2.05) is 17.9 Å². The Morgan fingerprint density at radius 3 is 2.76 bits per heavy atom. The van der Waals surface area contributed by atoms with Gasteiger partial charge in [0.2, 0.25) is 5.95 Å². The predicted molar refractivity (Wildman–Crippen MR) is 96.1 cm³/mol. The van der Waals surface area contributed by atoms with Crippen molar-refractivity contribution in [3.63, 3.8) is 0 Å². The normalized spacial score (nSPS) is 14.0. The fraction of sp³-hybridized carbons (Fsp3) is 0.412. The number of nitrogens with zero attached hydrogens (tertiary/aromatic N) is 4. The molecule has 8 heteroatoms. The lowest BCUT2D eigenvalue weighted by Crippen LogP contribution is -2.31. The number of carbonyl (C=O) groups is 1. The second kappa shape index (κ2) is 7.23. The molecule has 0 spiro atoms. The number of aryl methyl sites for hydroxylation is 1. The van der Waals surface area contributed by atoms with Crippen molar-refractivity contribution in [2.24, 2.45) is 7.05 Å². The SMILES string of the molecule is Cc1ccc(CNC(=O)c2nc(N3CCCC3)ncc2Cl)c(=O)n1C. The van der Waals surface area contributed by atoms with Crippen LogP contribution < -0.4 is 15.8 Å². The molecule has 3 rings (SSSR count). The quantitative estimate of drug-likeness (QED) is 0.896. The molecule has 1 aliphatic heterocycles. The third kappa shape index (κ3) is 3.66. The van der Waals surface area contributed by atoms with Crippen LogP contribution in [0.4, 0.5) is 5.95 Å². The number of aromatic nitrogens is 3. The van der Waals surface area contributed by atoms with Crippen molar-refractivity contribution in [2.45, 2.75) is 26.3 Å². The molecule has 0 unspecified atom stereocenters. The molecule has 1 aliphatic rings. The van der Waals surface area contributed by atoms with Gasteiger partial charge in [0.25, 0.3) is 11.5 Å². The minimum Gasteiger partial charge on any atom is -0.346 e. The van der Waals surface area contributed by atoms with E-state index in [0.717, 1.165) is 31.6 Å². The average molecular weight is 362 g/mol. The highest BCUT2D eigenvalue weighted by atomic mass is 35.5. The molecule has 3 heterocycles. The Morgan fingerprint density at radius 2 is 2.04 bits per heavy atom. The minimum atomic E-state index is -0.421. The third-order valence-electron chi connectivity index (χ3n) is 4.41. The molecule has 0 saturated carbocycles. The predicted octanol–water partition coefficient (Wildman–Crippen LogP) is 1.67. The van der Waals surface area contributed by atoms with E-state index in [0.29, 0.717) is 11.5 Å². The lowest BCUT2D eigenvalue weighted by Gasteiger charge is -2.16. The Kier molecular flexibility index (Phi) is 5.03. The van der Waals surface area contributed by atoms with E-state index in [1.165, 1.54) is 6.20 Å². The molecule has 0 aromatic carbocycles. The standard InChI is InChI=1S/C17H20ClN5O2/c1-11-5-6-12(16(25)22(11)2)9-19-15(24)14-13(18)10-20-17(21-14)23-7-3-4-8-23/h5-6,10H,3-4,7-9H2,1-2H3,(H,19,24). The molecular formula is C17H20ClN5O2. The summed E-state index contributed by atoms with van der Waals surface area (Å²) in [6.45, 7) is 3.72. The molecule has 0 bridgehead atoms. The fourth-order valence-corrected chi connectivity index (χ4v) is 2.94. The molecule has 0 atom stereocenters. The van der Waals surface area contributed by atoms with Crippen molar-refractivity contribution in [1.82, 2.24) is 19.9 Å². The van der Waals surface area contributed by atoms with Crippen LogP contribution in [0.3, 0.4) is 0 Å². The van der Waals surface area contributed by atoms with Crippen LogP contribution >= 0.6 is 11.6 Å². The van der Waals surface area contributed by atoms with Gasteiger partial charge in [0.05, 0.1) is 11.2 Å². The zero-order valence-corrected chi connectivity index (χ0v) is 15.0. The van der Waals surface area contributed by atoms with Crippen molar-refractivity contribution < 1.29 is 4.79 Å². The highest BCUT2D eigenvalue weighted by Crippen LogP contribution is 2.19. The lowest BCUT2D eigenvalue weighted by atomic mass is 10.2. The maximum absolute atomic E-state index is 12.5. The maximum atomic E-state index is 12.5. The molecular weight excluding hydrogens is 342 g/mol. The van der Waals surface area contributed by atoms with Gasteiger partial charge < -0.3 is 14.8 Å². The number of hydrogen-bond donors (Lipinski definition) is 1. The van der Waals surface area contributed by atoms with Gasteiger partial charge in [-0.15, -0.1) is 0 Å². The van der Waals surface area contributed by atoms with Crippen molar-refractivity contribution in [3.05, 3.63) is 50.7 Å². The molecule has 1 amide bonds. The van der Waals surface area contributed by atoms with Crippen molar-refractivity contribution >= 4 is 23.5 Å². The van der Waals surface area contributed by atoms with Crippen LogP contribution in [0.1, 0.15) is 34.6 Å². The molecule has 25 heavy (non-hydrogen) atoms. The van der Waals surface area contributed by atoms with E-state index in [9.17, 15) is 9.59 Å². The Hall–Kier alpha value is -2.41. The molecule has 1 saturated heterocycles. The summed E-state index contributed by atoms with van der Waals surface area (Å²) in [5.41, 5.74) is 1.36. The summed E-state index contributed by atoms with van der Waals surface area (Å²) in [4.78, 5) is 35.2. The first-order valence-corrected chi connectivity index (χ1v) is 8.56. The minimum absolute atomic E-state index is 0.116. The summed E-state index contributed by atoms with van der Waals surface area (Å²) in [7, 11) is 1.70. The molecule has 0 radical (unpaired) electrons. The van der Waals surface area contributed by atoms with E-state index >= 15 is 0 Å². The summed E-state index contributed by atoms with van der Waals surface area (Å²) in [5, 5.41) is 2.91. The number of nitrogens with one attached hydrogen (secondary N) is 1. The van der Waals surface area contributed by atoms with Gasteiger partial charge in [-0.1, -0.05) is 17.7 Å². The van der Waals surface area contributed by atoms with Crippen LogP contribution in [-0.4, -0.2) is 33.5 Å². The second-order valence-corrected chi connectivity index (χ2v) is 6.51. The Balaban J connectivity index is 1.76. The molecule has 7 nitrogen and oxygen atoms in total. The zero-order valence-electron chi connectivity index (χ0n) is 14.3. The fourth-order valence-electron chi connectivity index (χ4n) is 2.76. The largest absolute Gasteiger partial charge is 0.346 e. The highest BCUT2D eigenvalue weighted by molar-refractivity contribution is 6.33. The van der Waals surface area contributed by atoms with E-state index in [4.69, 9.17) is 11.6 Å². The van der Waals surface area contributed by atoms with Gasteiger partial charge in [-0.3, -0.25) is 9.59 Å². The van der Waals surface area contributed by atoms with Gasteiger partial charge >= 0.3 is 0 Å². The lowest BCUT2D eigenvalue weighted by molar-refractivity contribution is 0.0946. The summed E-state index contributed by atoms with van der Waals surface area (Å²) >= 11 is 6.09. The smallest absolute Gasteiger partial charge is 0.271 e. The number of amides is 1. The van der Waals surface area contributed by atoms with Crippen molar-refractivity contribution in [3.8, 4) is 0 Å². The summed E-state index contributed by atoms with van der Waals surface area (Å²) in [5.74, 6) is 0.0915. The van der Waals surface area contributed by atoms with Gasteiger partial charge in [-0.2, -0.15) is 0 Å². The monoisotopic (exact) mass is 361 g/mol. The maximum Gasteiger partial charge on any atom is 0.271 e. The van der Waals surface area contributed by atoms with Crippen LogP contribution in [0.25, 0.3) is 0 Å². The topological polar surface area (TPSA) is 80.1 Å². The zero-order chi connectivity index (χ0) is 18.0. The van der Waals surface area contributed by atoms with E-state index < -0.39 is 5.91 Å². The van der Waals surface area contributed by atoms with Gasteiger partial charge in [0, 0.05) is 37.9 Å². The van der Waals surface area contributed by atoms with Crippen LogP contribution in [0.5, 0.6) is 0 Å². The Bertz CT molecular complexity index is 859. The highest BCUT2D eigenvalue weighted by Gasteiger charge is 2.19. The van der Waals surface area contributed by atoms with Crippen LogP contribution in [0.15, 0.2) is 23.1 Å². The Morgan fingerprint density at radius 1 is 1.32 bits per heavy atom. The van der Waals surface area contributed by atoms with Gasteiger partial charge in [-0.05, 0) is 25.8 Å². The number of anilines is 1. The van der Waals surface area contributed by atoms with E-state index in [-0.39, 0.29) is 22.8 Å². The Labute approximate surface area is 150 Å². The van der Waals surface area contributed by atoms with Crippen LogP contribution in [-0.2, 0) is 13.6 Å². The molecule has 2 aromatic rings. The first-order chi connectivity index (χ1) is 12.0. The third-order valence-corrected chi connectivity index (χ3v) is 4.69. The van der Waals surface area contributed by atoms with E-state index in [1.54, 1.807) is 17.7 Å². The average Bonchev–Trinajstić information content (AvgIpc) is 3.14. The summed E-state index contributed by atoms with van der Waals surface area (Å²) in [6, 6.07) is 3.56. The van der Waals surface area contributed by atoms with Gasteiger partial charge in [-0.25, -0.2) is 9.97 Å². The summed E-state index contributed by atoms with van der Waals surface area (Å²) < 4.78 is 1.55. The van der Waals surface area contributed by atoms with E-state index in [2.05, 4.69) is 15.3 Å². The molecule has 2 aromatic heterocycles. The number of hydrogen-bond acceptors (Lipinski definition) is 5. The van der Waals surface area contributed by atoms with Crippen molar-refractivity contribution in [1.29, 1.82) is 0 Å². The first kappa shape index (κ1) is 17.4. The second-order valence-electron chi connectivity index (χ2n) is 6.11. The van der Waals surface area contributed by atoms with Gasteiger partial charge in [0.1, 0.15) is 0 Å². The van der Waals surface area contributed by atoms with Crippen LogP contribution in [0, 0.1) is 6.92 Å². The molecule has 1 N–H and O–H groups in total. The van der Waals surface area contributed by atoms with Gasteiger partial charge in [0.15, 0.2) is 5.69 Å². The van der Waals surface area contributed by atoms with Crippen LogP contribution in [0.2, 0.25) is 5.02 Å². The van der Waals surface area contributed by atoms with Crippen molar-refractivity contribution in [2.75, 3.05) is 18.0 Å². The first-order valence-electron chi connectivity index (χ1n) is 8.18. The number of rotatable bonds is 4. The number of halogens is 1. The summed E-state index contributed by atoms with van der Waals surface area (Å²) in [6.07, 6.45) is 3.62. The number of carbonyl (C=O) groups excluding carboxylic acids is 1.